The van der Waals surface area contributed by atoms with Crippen LogP contribution < -0.4 is 4.74 Å². The van der Waals surface area contributed by atoms with Crippen molar-refractivity contribution in [2.24, 2.45) is 0 Å². The Bertz CT molecular complexity index is 403. The van der Waals surface area contributed by atoms with Crippen LogP contribution in [0.2, 0.25) is 0 Å². The number of aromatic nitrogens is 2. The van der Waals surface area contributed by atoms with Crippen LogP contribution >= 0.6 is 23.1 Å². The first-order valence-electron chi connectivity index (χ1n) is 3.97. The average molecular weight is 224 g/mol. The molecule has 2 aromatic heterocycles. The molecule has 5 heteroatoms. The number of hydrogen-bond acceptors (Lipinski definition) is 5. The number of thiazole rings is 1. The van der Waals surface area contributed by atoms with E-state index in [1.807, 2.05) is 23.6 Å². The van der Waals surface area contributed by atoms with Gasteiger partial charge >= 0.3 is 0 Å². The molecule has 0 saturated carbocycles. The number of nitrogens with zero attached hydrogens (tertiary/aromatic N) is 2. The van der Waals surface area contributed by atoms with Gasteiger partial charge in [0.25, 0.3) is 0 Å². The molecule has 72 valence electrons. The minimum Gasteiger partial charge on any atom is -0.481 e. The number of methoxy groups -OCH3 is 1. The van der Waals surface area contributed by atoms with Gasteiger partial charge < -0.3 is 4.74 Å². The van der Waals surface area contributed by atoms with Crippen molar-refractivity contribution in [1.82, 2.24) is 9.97 Å². The highest BCUT2D eigenvalue weighted by molar-refractivity contribution is 8.00. The lowest BCUT2D eigenvalue weighted by Gasteiger charge is -2.00. The van der Waals surface area contributed by atoms with E-state index < -0.39 is 0 Å². The Labute approximate surface area is 90.2 Å². The second kappa shape index (κ2) is 4.43. The van der Waals surface area contributed by atoms with Crippen LogP contribution in [-0.2, 0) is 0 Å². The Morgan fingerprint density at radius 1 is 1.43 bits per heavy atom. The van der Waals surface area contributed by atoms with E-state index in [1.54, 1.807) is 36.4 Å². The zero-order chi connectivity index (χ0) is 9.80. The number of ether oxygens (including phenoxy) is 1. The lowest BCUT2D eigenvalue weighted by atomic mass is 10.5. The third-order valence-electron chi connectivity index (χ3n) is 1.51. The van der Waals surface area contributed by atoms with E-state index in [-0.39, 0.29) is 0 Å². The molecule has 0 radical (unpaired) electrons. The summed E-state index contributed by atoms with van der Waals surface area (Å²) in [6.07, 6.45) is 1.78. The van der Waals surface area contributed by atoms with E-state index in [1.165, 1.54) is 0 Å². The molecule has 0 spiro atoms. The fraction of sp³-hybridized carbons (Fsp3) is 0.111. The molecule has 0 unspecified atom stereocenters. The summed E-state index contributed by atoms with van der Waals surface area (Å²) in [5, 5.41) is 2.85. The fourth-order valence-corrected chi connectivity index (χ4v) is 2.47. The quantitative estimate of drug-likeness (QED) is 0.803. The molecule has 2 rings (SSSR count). The van der Waals surface area contributed by atoms with Gasteiger partial charge in [0, 0.05) is 17.6 Å². The second-order valence-corrected chi connectivity index (χ2v) is 4.58. The lowest BCUT2D eigenvalue weighted by molar-refractivity contribution is 0.394. The summed E-state index contributed by atoms with van der Waals surface area (Å²) < 4.78 is 6.02. The molecular weight excluding hydrogens is 216 g/mol. The molecule has 0 atom stereocenters. The summed E-state index contributed by atoms with van der Waals surface area (Å²) >= 11 is 3.14. The van der Waals surface area contributed by atoms with Gasteiger partial charge in [-0.05, 0) is 17.8 Å². The standard InChI is InChI=1S/C9H8N2OS2/c1-12-7-3-2-4-8(11-7)14-9-10-5-6-13-9/h2-6H,1H3. The van der Waals surface area contributed by atoms with Crippen molar-refractivity contribution < 1.29 is 4.74 Å². The Kier molecular flexibility index (Phi) is 3.00. The van der Waals surface area contributed by atoms with E-state index in [9.17, 15) is 0 Å². The molecule has 0 N–H and O–H groups in total. The van der Waals surface area contributed by atoms with E-state index in [4.69, 9.17) is 4.74 Å². The highest BCUT2D eigenvalue weighted by Gasteiger charge is 2.01. The minimum absolute atomic E-state index is 0.631. The van der Waals surface area contributed by atoms with E-state index in [2.05, 4.69) is 9.97 Å². The van der Waals surface area contributed by atoms with Crippen molar-refractivity contribution in [3.8, 4) is 5.88 Å². The molecule has 0 fully saturated rings. The van der Waals surface area contributed by atoms with Gasteiger partial charge in [-0.1, -0.05) is 6.07 Å². The summed E-state index contributed by atoms with van der Waals surface area (Å²) in [5.41, 5.74) is 0. The topological polar surface area (TPSA) is 35.0 Å². The van der Waals surface area contributed by atoms with Crippen LogP contribution in [0.3, 0.4) is 0 Å². The van der Waals surface area contributed by atoms with Gasteiger partial charge in [-0.15, -0.1) is 11.3 Å². The first kappa shape index (κ1) is 9.48. The Balaban J connectivity index is 2.17. The number of rotatable bonds is 3. The maximum atomic E-state index is 5.03. The van der Waals surface area contributed by atoms with Crippen molar-refractivity contribution >= 4 is 23.1 Å². The summed E-state index contributed by atoms with van der Waals surface area (Å²) in [5.74, 6) is 0.631. The molecule has 2 aromatic rings. The predicted molar refractivity (Wildman–Crippen MR) is 57.0 cm³/mol. The van der Waals surface area contributed by atoms with Gasteiger partial charge in [0.1, 0.15) is 5.03 Å². The largest absolute Gasteiger partial charge is 0.481 e. The lowest BCUT2D eigenvalue weighted by Crippen LogP contribution is -1.87. The maximum absolute atomic E-state index is 5.03. The van der Waals surface area contributed by atoms with Gasteiger partial charge in [-0.3, -0.25) is 0 Å². The van der Waals surface area contributed by atoms with E-state index in [0.29, 0.717) is 5.88 Å². The van der Waals surface area contributed by atoms with Gasteiger partial charge in [0.05, 0.1) is 7.11 Å². The number of hydrogen-bond donors (Lipinski definition) is 0. The normalized spacial score (nSPS) is 10.1. The first-order chi connectivity index (χ1) is 6.88. The van der Waals surface area contributed by atoms with Crippen molar-refractivity contribution in [3.63, 3.8) is 0 Å². The minimum atomic E-state index is 0.631. The summed E-state index contributed by atoms with van der Waals surface area (Å²) in [6, 6.07) is 5.68. The molecule has 14 heavy (non-hydrogen) atoms. The molecule has 3 nitrogen and oxygen atoms in total. The summed E-state index contributed by atoms with van der Waals surface area (Å²) in [6.45, 7) is 0. The van der Waals surface area contributed by atoms with Crippen LogP contribution in [-0.4, -0.2) is 17.1 Å². The molecule has 0 aliphatic carbocycles. The van der Waals surface area contributed by atoms with Gasteiger partial charge in [0.15, 0.2) is 4.34 Å². The van der Waals surface area contributed by atoms with Crippen LogP contribution in [0.5, 0.6) is 5.88 Å². The molecular formula is C9H8N2OS2. The Morgan fingerprint density at radius 2 is 2.36 bits per heavy atom. The second-order valence-electron chi connectivity index (χ2n) is 2.42. The van der Waals surface area contributed by atoms with Crippen LogP contribution in [0.25, 0.3) is 0 Å². The van der Waals surface area contributed by atoms with Crippen LogP contribution in [0.15, 0.2) is 39.1 Å². The van der Waals surface area contributed by atoms with E-state index >= 15 is 0 Å². The van der Waals surface area contributed by atoms with Gasteiger partial charge in [-0.2, -0.15) is 0 Å². The number of pyridine rings is 1. The monoisotopic (exact) mass is 224 g/mol. The summed E-state index contributed by atoms with van der Waals surface area (Å²) in [4.78, 5) is 8.44. The van der Waals surface area contributed by atoms with Gasteiger partial charge in [-0.25, -0.2) is 9.97 Å². The summed E-state index contributed by atoms with van der Waals surface area (Å²) in [7, 11) is 1.61. The Hall–Kier alpha value is -1.07. The molecule has 2 heterocycles. The zero-order valence-electron chi connectivity index (χ0n) is 7.51. The fourth-order valence-electron chi connectivity index (χ4n) is 0.917. The van der Waals surface area contributed by atoms with Gasteiger partial charge in [0.2, 0.25) is 5.88 Å². The highest BCUT2D eigenvalue weighted by atomic mass is 32.2. The zero-order valence-corrected chi connectivity index (χ0v) is 9.14. The third-order valence-corrected chi connectivity index (χ3v) is 3.33. The molecule has 0 saturated heterocycles. The molecule has 0 aliphatic heterocycles. The van der Waals surface area contributed by atoms with Crippen molar-refractivity contribution in [3.05, 3.63) is 29.8 Å². The SMILES string of the molecule is COc1cccc(Sc2nccs2)n1. The predicted octanol–water partition coefficient (Wildman–Crippen LogP) is 2.70. The molecule has 0 bridgehead atoms. The molecule has 0 aromatic carbocycles. The van der Waals surface area contributed by atoms with Crippen LogP contribution in [0.4, 0.5) is 0 Å². The molecule has 0 aliphatic rings. The third kappa shape index (κ3) is 2.24. The van der Waals surface area contributed by atoms with Crippen LogP contribution in [0, 0.1) is 0 Å². The van der Waals surface area contributed by atoms with Crippen molar-refractivity contribution in [1.29, 1.82) is 0 Å². The van der Waals surface area contributed by atoms with Crippen molar-refractivity contribution in [2.75, 3.05) is 7.11 Å². The van der Waals surface area contributed by atoms with Crippen LogP contribution in [0.1, 0.15) is 0 Å². The highest BCUT2D eigenvalue weighted by Crippen LogP contribution is 2.28. The maximum Gasteiger partial charge on any atom is 0.213 e. The van der Waals surface area contributed by atoms with Crippen molar-refractivity contribution in [2.45, 2.75) is 9.37 Å². The van der Waals surface area contributed by atoms with E-state index in [0.717, 1.165) is 9.37 Å². The molecule has 0 amide bonds. The average Bonchev–Trinajstić information content (AvgIpc) is 2.71. The first-order valence-corrected chi connectivity index (χ1v) is 5.66. The Morgan fingerprint density at radius 3 is 3.07 bits per heavy atom. The smallest absolute Gasteiger partial charge is 0.213 e.